The van der Waals surface area contributed by atoms with E-state index < -0.39 is 0 Å². The van der Waals surface area contributed by atoms with Crippen LogP contribution < -0.4 is 10.6 Å². The van der Waals surface area contributed by atoms with Crippen molar-refractivity contribution in [2.24, 2.45) is 5.11 Å². The molecule has 0 saturated heterocycles. The molecule has 2 N–H and O–H groups in total. The van der Waals surface area contributed by atoms with Gasteiger partial charge in [0.15, 0.2) is 5.78 Å². The number of azide groups is 1. The van der Waals surface area contributed by atoms with Crippen LogP contribution in [0.15, 0.2) is 23.3 Å². The highest BCUT2D eigenvalue weighted by Crippen LogP contribution is 2.21. The number of hydrogen-bond donors (Lipinski definition) is 2. The Balaban J connectivity index is 2.74. The molecule has 0 unspecified atom stereocenters. The van der Waals surface area contributed by atoms with Crippen LogP contribution in [0.4, 0.5) is 11.4 Å². The molecule has 0 aliphatic carbocycles. The van der Waals surface area contributed by atoms with Gasteiger partial charge in [-0.2, -0.15) is 0 Å². The summed E-state index contributed by atoms with van der Waals surface area (Å²) in [7, 11) is 0. The molecule has 0 aromatic heterocycles. The van der Waals surface area contributed by atoms with E-state index in [0.717, 1.165) is 0 Å². The molecule has 0 bridgehead atoms. The van der Waals surface area contributed by atoms with E-state index in [-0.39, 0.29) is 30.6 Å². The summed E-state index contributed by atoms with van der Waals surface area (Å²) >= 11 is 0. The minimum absolute atomic E-state index is 0.117. The molecule has 0 radical (unpaired) electrons. The molecular weight excluding hydrogens is 350 g/mol. The summed E-state index contributed by atoms with van der Waals surface area (Å²) in [6, 6.07) is 4.82. The van der Waals surface area contributed by atoms with E-state index in [9.17, 15) is 14.4 Å². The van der Waals surface area contributed by atoms with Crippen LogP contribution in [-0.4, -0.2) is 37.4 Å². The Hall–Kier alpha value is -2.90. The van der Waals surface area contributed by atoms with Gasteiger partial charge in [-0.15, -0.1) is 0 Å². The Morgan fingerprint density at radius 2 is 1.63 bits per heavy atom. The molecule has 2 amide bonds. The number of ether oxygens (including phenoxy) is 1. The van der Waals surface area contributed by atoms with Crippen molar-refractivity contribution in [1.82, 2.24) is 0 Å². The number of carbonyl (C=O) groups is 3. The molecule has 1 aromatic rings. The number of nitrogens with one attached hydrogen (secondary N) is 2. The van der Waals surface area contributed by atoms with Crippen LogP contribution in [0, 0.1) is 0 Å². The van der Waals surface area contributed by atoms with Crippen molar-refractivity contribution < 1.29 is 19.1 Å². The Kier molecular flexibility index (Phi) is 10.2. The van der Waals surface area contributed by atoms with Gasteiger partial charge in [0.05, 0.1) is 6.61 Å². The molecule has 0 spiro atoms. The molecule has 0 aliphatic heterocycles. The zero-order chi connectivity index (χ0) is 20.1. The van der Waals surface area contributed by atoms with E-state index in [4.69, 9.17) is 10.3 Å². The lowest BCUT2D eigenvalue weighted by Crippen LogP contribution is -2.13. The molecular formula is C18H25N5O4. The average Bonchev–Trinajstić information content (AvgIpc) is 2.66. The fourth-order valence-electron chi connectivity index (χ4n) is 2.16. The second-order valence-electron chi connectivity index (χ2n) is 5.70. The van der Waals surface area contributed by atoms with Crippen molar-refractivity contribution in [3.8, 4) is 0 Å². The summed E-state index contributed by atoms with van der Waals surface area (Å²) in [6.07, 6.45) is 1.38. The van der Waals surface area contributed by atoms with Crippen LogP contribution in [-0.2, 0) is 14.3 Å². The van der Waals surface area contributed by atoms with E-state index in [1.807, 2.05) is 0 Å². The van der Waals surface area contributed by atoms with E-state index >= 15 is 0 Å². The Labute approximate surface area is 158 Å². The molecule has 1 rings (SSSR count). The minimum Gasteiger partial charge on any atom is -0.381 e. The first-order chi connectivity index (χ1) is 13.0. The monoisotopic (exact) mass is 375 g/mol. The average molecular weight is 375 g/mol. The maximum Gasteiger partial charge on any atom is 0.224 e. The predicted molar refractivity (Wildman–Crippen MR) is 103 cm³/mol. The molecule has 0 heterocycles. The second-order valence-corrected chi connectivity index (χ2v) is 5.70. The number of anilines is 2. The number of benzene rings is 1. The number of rotatable bonds is 12. The van der Waals surface area contributed by atoms with Crippen LogP contribution in [0.2, 0.25) is 0 Å². The highest BCUT2D eigenvalue weighted by atomic mass is 16.5. The number of hydrogen-bond acceptors (Lipinski definition) is 5. The fourth-order valence-corrected chi connectivity index (χ4v) is 2.16. The fraction of sp³-hybridized carbons (Fsp3) is 0.500. The molecule has 27 heavy (non-hydrogen) atoms. The quantitative estimate of drug-likeness (QED) is 0.189. The summed E-state index contributed by atoms with van der Waals surface area (Å²) < 4.78 is 5.27. The van der Waals surface area contributed by atoms with Crippen LogP contribution in [0.5, 0.6) is 0 Å². The number of ketones is 1. The summed E-state index contributed by atoms with van der Waals surface area (Å²) in [5.41, 5.74) is 9.49. The molecule has 146 valence electrons. The Bertz CT molecular complexity index is 677. The van der Waals surface area contributed by atoms with Gasteiger partial charge in [-0.3, -0.25) is 14.4 Å². The predicted octanol–water partition coefficient (Wildman–Crippen LogP) is 3.67. The first-order valence-corrected chi connectivity index (χ1v) is 8.86. The van der Waals surface area contributed by atoms with Crippen molar-refractivity contribution in [1.29, 1.82) is 0 Å². The third kappa shape index (κ3) is 8.84. The van der Waals surface area contributed by atoms with E-state index in [2.05, 4.69) is 20.7 Å². The number of Topliss-reactive ketones (excluding diaryl/α,β-unsaturated/α-hetero) is 1. The van der Waals surface area contributed by atoms with Crippen molar-refractivity contribution in [3.05, 3.63) is 34.2 Å². The van der Waals surface area contributed by atoms with Gasteiger partial charge in [0, 0.05) is 54.3 Å². The first-order valence-electron chi connectivity index (χ1n) is 8.86. The lowest BCUT2D eigenvalue weighted by Gasteiger charge is -2.11. The van der Waals surface area contributed by atoms with Crippen LogP contribution >= 0.6 is 0 Å². The van der Waals surface area contributed by atoms with Gasteiger partial charge in [0.2, 0.25) is 11.8 Å². The first kappa shape index (κ1) is 22.1. The van der Waals surface area contributed by atoms with Gasteiger partial charge in [0.25, 0.3) is 0 Å². The lowest BCUT2D eigenvalue weighted by atomic mass is 10.0. The van der Waals surface area contributed by atoms with Gasteiger partial charge >= 0.3 is 0 Å². The zero-order valence-corrected chi connectivity index (χ0v) is 15.7. The van der Waals surface area contributed by atoms with E-state index in [1.54, 1.807) is 32.0 Å². The van der Waals surface area contributed by atoms with Gasteiger partial charge in [0.1, 0.15) is 0 Å². The van der Waals surface area contributed by atoms with E-state index in [0.29, 0.717) is 49.4 Å². The van der Waals surface area contributed by atoms with Crippen molar-refractivity contribution >= 4 is 29.0 Å². The maximum atomic E-state index is 12.4. The topological polar surface area (TPSA) is 133 Å². The molecule has 0 saturated carbocycles. The Morgan fingerprint density at radius 3 is 2.15 bits per heavy atom. The lowest BCUT2D eigenvalue weighted by molar-refractivity contribution is -0.116. The normalized spacial score (nSPS) is 10.0. The largest absolute Gasteiger partial charge is 0.381 e. The summed E-state index contributed by atoms with van der Waals surface area (Å²) in [5.74, 6) is -0.477. The van der Waals surface area contributed by atoms with Gasteiger partial charge in [-0.25, -0.2) is 0 Å². The molecule has 0 aliphatic rings. The van der Waals surface area contributed by atoms with Gasteiger partial charge in [-0.1, -0.05) is 19.0 Å². The van der Waals surface area contributed by atoms with Crippen LogP contribution in [0.3, 0.4) is 0 Å². The van der Waals surface area contributed by atoms with Gasteiger partial charge in [-0.05, 0) is 30.2 Å². The van der Waals surface area contributed by atoms with Crippen molar-refractivity contribution in [3.63, 3.8) is 0 Å². The molecule has 0 fully saturated rings. The summed E-state index contributed by atoms with van der Waals surface area (Å²) in [4.78, 5) is 38.4. The smallest absolute Gasteiger partial charge is 0.224 e. The SMILES string of the molecule is CCC(=O)Nc1cc(NC(=O)CC)cc(C(=O)CCCOCCN=[N+]=[N-])c1. The van der Waals surface area contributed by atoms with Crippen molar-refractivity contribution in [2.75, 3.05) is 30.4 Å². The third-order valence-corrected chi connectivity index (χ3v) is 3.56. The molecule has 9 nitrogen and oxygen atoms in total. The second kappa shape index (κ2) is 12.5. The number of amides is 2. The Morgan fingerprint density at radius 1 is 1.04 bits per heavy atom. The molecule has 0 atom stereocenters. The van der Waals surface area contributed by atoms with Crippen molar-refractivity contribution in [2.45, 2.75) is 39.5 Å². The summed E-state index contributed by atoms with van der Waals surface area (Å²) in [5, 5.41) is 8.77. The molecule has 1 aromatic carbocycles. The third-order valence-electron chi connectivity index (χ3n) is 3.56. The minimum atomic E-state index is -0.180. The number of nitrogens with zero attached hydrogens (tertiary/aromatic N) is 3. The summed E-state index contributed by atoms with van der Waals surface area (Å²) in [6.45, 7) is 4.39. The van der Waals surface area contributed by atoms with Crippen LogP contribution in [0.1, 0.15) is 49.9 Å². The highest BCUT2D eigenvalue weighted by molar-refractivity contribution is 6.01. The maximum absolute atomic E-state index is 12.4. The number of carbonyl (C=O) groups excluding carboxylic acids is 3. The molecule has 9 heteroatoms. The zero-order valence-electron chi connectivity index (χ0n) is 15.7. The van der Waals surface area contributed by atoms with Crippen LogP contribution in [0.25, 0.3) is 10.4 Å². The van der Waals surface area contributed by atoms with E-state index in [1.165, 1.54) is 0 Å². The highest BCUT2D eigenvalue weighted by Gasteiger charge is 2.11. The standard InChI is InChI=1S/C18H25N5O4/c1-3-17(25)21-14-10-13(11-15(12-14)22-18(26)4-2)16(24)6-5-8-27-9-7-20-23-19/h10-12H,3-9H2,1-2H3,(H,21,25)(H,22,26). The van der Waals surface area contributed by atoms with Gasteiger partial charge < -0.3 is 15.4 Å².